The van der Waals surface area contributed by atoms with E-state index in [1.165, 1.54) is 6.07 Å². The van der Waals surface area contributed by atoms with E-state index in [1.54, 1.807) is 30.3 Å². The number of furan rings is 1. The summed E-state index contributed by atoms with van der Waals surface area (Å²) in [5.74, 6) is 0.594. The predicted molar refractivity (Wildman–Crippen MR) is 110 cm³/mol. The molecule has 1 N–H and O–H groups in total. The summed E-state index contributed by atoms with van der Waals surface area (Å²) < 4.78 is 33.8. The summed E-state index contributed by atoms with van der Waals surface area (Å²) >= 11 is 6.36. The first-order valence-electron chi connectivity index (χ1n) is 8.93. The number of carbonyl (C=O) groups excluding carboxylic acids is 1. The van der Waals surface area contributed by atoms with Crippen molar-refractivity contribution in [2.45, 2.75) is 38.5 Å². The zero-order valence-corrected chi connectivity index (χ0v) is 17.4. The topological polar surface area (TPSA) is 76.4 Å². The zero-order chi connectivity index (χ0) is 20.3. The Kier molecular flexibility index (Phi) is 4.32. The largest absolute Gasteiger partial charge is 0.459 e. The third-order valence-electron chi connectivity index (χ3n) is 4.96. The maximum absolute atomic E-state index is 12.7. The average Bonchev–Trinajstić information content (AvgIpc) is 2.92. The Labute approximate surface area is 168 Å². The Morgan fingerprint density at radius 1 is 1.11 bits per heavy atom. The van der Waals surface area contributed by atoms with Crippen LogP contribution in [0.4, 0.5) is 5.69 Å². The van der Waals surface area contributed by atoms with Gasteiger partial charge in [-0.05, 0) is 36.6 Å². The molecule has 5 nitrogen and oxygen atoms in total. The molecule has 4 rings (SSSR count). The van der Waals surface area contributed by atoms with Crippen LogP contribution in [-0.2, 0) is 16.4 Å². The fourth-order valence-electron chi connectivity index (χ4n) is 3.65. The van der Waals surface area contributed by atoms with E-state index in [2.05, 4.69) is 4.72 Å². The molecule has 1 heterocycles. The van der Waals surface area contributed by atoms with Gasteiger partial charge < -0.3 is 4.42 Å². The fraction of sp³-hybridized carbons (Fsp3) is 0.286. The average molecular weight is 418 g/mol. The highest BCUT2D eigenvalue weighted by molar-refractivity contribution is 7.92. The molecular formula is C21H20ClNO4S. The van der Waals surface area contributed by atoms with Crippen molar-refractivity contribution in [3.8, 4) is 0 Å². The van der Waals surface area contributed by atoms with Crippen LogP contribution in [-0.4, -0.2) is 14.2 Å². The van der Waals surface area contributed by atoms with Crippen LogP contribution in [0.2, 0.25) is 5.02 Å². The second-order valence-corrected chi connectivity index (χ2v) is 10.2. The predicted octanol–water partition coefficient (Wildman–Crippen LogP) is 5.35. The van der Waals surface area contributed by atoms with Crippen molar-refractivity contribution in [1.82, 2.24) is 0 Å². The number of rotatable bonds is 3. The van der Waals surface area contributed by atoms with E-state index in [0.717, 1.165) is 5.56 Å². The van der Waals surface area contributed by atoms with E-state index in [4.69, 9.17) is 16.0 Å². The number of benzene rings is 2. The van der Waals surface area contributed by atoms with Gasteiger partial charge in [0.25, 0.3) is 10.0 Å². The lowest BCUT2D eigenvalue weighted by atomic mass is 9.76. The van der Waals surface area contributed by atoms with Crippen molar-refractivity contribution < 1.29 is 17.6 Å². The Morgan fingerprint density at radius 3 is 2.46 bits per heavy atom. The van der Waals surface area contributed by atoms with Crippen LogP contribution in [0.5, 0.6) is 0 Å². The van der Waals surface area contributed by atoms with Crippen LogP contribution in [0.25, 0.3) is 11.0 Å². The number of Topliss-reactive ketones (excluding diaryl/α,β-unsaturated/α-hetero) is 1. The van der Waals surface area contributed by atoms with E-state index in [9.17, 15) is 13.2 Å². The van der Waals surface area contributed by atoms with Crippen molar-refractivity contribution in [3.05, 3.63) is 58.3 Å². The molecule has 0 atom stereocenters. The Balaban J connectivity index is 1.79. The molecule has 1 aliphatic carbocycles. The van der Waals surface area contributed by atoms with E-state index < -0.39 is 10.0 Å². The van der Waals surface area contributed by atoms with Gasteiger partial charge in [0, 0.05) is 18.2 Å². The van der Waals surface area contributed by atoms with Gasteiger partial charge in [-0.3, -0.25) is 9.52 Å². The lowest BCUT2D eigenvalue weighted by Gasteiger charge is -2.27. The zero-order valence-electron chi connectivity index (χ0n) is 15.8. The van der Waals surface area contributed by atoms with Crippen LogP contribution in [0.1, 0.15) is 41.9 Å². The van der Waals surface area contributed by atoms with Crippen molar-refractivity contribution >= 4 is 44.1 Å². The first kappa shape index (κ1) is 19.0. The summed E-state index contributed by atoms with van der Waals surface area (Å²) in [4.78, 5) is 12.8. The number of aryl methyl sites for hydroxylation is 1. The van der Waals surface area contributed by atoms with Crippen molar-refractivity contribution in [2.24, 2.45) is 5.41 Å². The minimum atomic E-state index is -3.78. The molecule has 0 amide bonds. The highest BCUT2D eigenvalue weighted by Gasteiger charge is 2.35. The molecule has 0 aliphatic heterocycles. The molecular weight excluding hydrogens is 398 g/mol. The van der Waals surface area contributed by atoms with Crippen LogP contribution in [0, 0.1) is 12.3 Å². The first-order chi connectivity index (χ1) is 13.1. The highest BCUT2D eigenvalue weighted by Crippen LogP contribution is 2.42. The number of nitrogens with one attached hydrogen (secondary N) is 1. The molecule has 7 heteroatoms. The number of halogens is 1. The smallest absolute Gasteiger partial charge is 0.261 e. The Hall–Kier alpha value is -2.31. The molecule has 28 heavy (non-hydrogen) atoms. The van der Waals surface area contributed by atoms with E-state index in [0.29, 0.717) is 40.8 Å². The molecule has 0 saturated carbocycles. The van der Waals surface area contributed by atoms with Gasteiger partial charge in [-0.1, -0.05) is 43.1 Å². The van der Waals surface area contributed by atoms with Crippen LogP contribution in [0.3, 0.4) is 0 Å². The monoisotopic (exact) mass is 417 g/mol. The van der Waals surface area contributed by atoms with Gasteiger partial charge in [0.2, 0.25) is 0 Å². The van der Waals surface area contributed by atoms with Crippen molar-refractivity contribution in [3.63, 3.8) is 0 Å². The molecule has 0 saturated heterocycles. The Morgan fingerprint density at radius 2 is 1.79 bits per heavy atom. The number of carbonyl (C=O) groups is 1. The van der Waals surface area contributed by atoms with Gasteiger partial charge in [0.05, 0.1) is 21.2 Å². The molecule has 146 valence electrons. The van der Waals surface area contributed by atoms with Crippen molar-refractivity contribution in [1.29, 1.82) is 0 Å². The lowest BCUT2D eigenvalue weighted by molar-refractivity contribution is 0.0906. The third kappa shape index (κ3) is 3.31. The van der Waals surface area contributed by atoms with Crippen LogP contribution in [0.15, 0.2) is 45.7 Å². The summed E-state index contributed by atoms with van der Waals surface area (Å²) in [6, 6.07) is 9.67. The minimum Gasteiger partial charge on any atom is -0.459 e. The fourth-order valence-corrected chi connectivity index (χ4v) is 4.95. The summed E-state index contributed by atoms with van der Waals surface area (Å²) in [5.41, 5.74) is 2.00. The molecule has 3 aromatic rings. The van der Waals surface area contributed by atoms with Gasteiger partial charge in [-0.25, -0.2) is 8.42 Å². The maximum atomic E-state index is 12.7. The normalized spacial score (nSPS) is 16.2. The minimum absolute atomic E-state index is 0.0143. The molecule has 2 aromatic carbocycles. The molecule has 0 fully saturated rings. The molecule has 0 unspecified atom stereocenters. The second-order valence-electron chi connectivity index (χ2n) is 8.09. The number of hydrogen-bond acceptors (Lipinski definition) is 4. The van der Waals surface area contributed by atoms with Crippen molar-refractivity contribution in [2.75, 3.05) is 4.72 Å². The lowest BCUT2D eigenvalue weighted by Crippen LogP contribution is -2.25. The van der Waals surface area contributed by atoms with Gasteiger partial charge >= 0.3 is 0 Å². The summed E-state index contributed by atoms with van der Waals surface area (Å²) in [5, 5.41) is 0.809. The maximum Gasteiger partial charge on any atom is 0.261 e. The molecule has 0 radical (unpaired) electrons. The summed E-state index contributed by atoms with van der Waals surface area (Å²) in [7, 11) is -3.78. The van der Waals surface area contributed by atoms with E-state index in [-0.39, 0.29) is 21.1 Å². The quantitative estimate of drug-likeness (QED) is 0.623. The van der Waals surface area contributed by atoms with Gasteiger partial charge in [-0.15, -0.1) is 0 Å². The van der Waals surface area contributed by atoms with Crippen LogP contribution < -0.4 is 4.72 Å². The second kappa shape index (κ2) is 6.36. The van der Waals surface area contributed by atoms with E-state index in [1.807, 2.05) is 20.8 Å². The number of sulfonamides is 1. The number of anilines is 1. The summed E-state index contributed by atoms with van der Waals surface area (Å²) in [6.45, 7) is 5.92. The molecule has 0 spiro atoms. The summed E-state index contributed by atoms with van der Waals surface area (Å²) in [6.07, 6.45) is 1.04. The third-order valence-corrected chi connectivity index (χ3v) is 6.64. The SMILES string of the molecule is Cc1ccc(S(=O)(=O)Nc2cc(Cl)c3oc4c(c3c2)C(=O)CC(C)(C)C4)cc1. The van der Waals surface area contributed by atoms with Gasteiger partial charge in [-0.2, -0.15) is 0 Å². The highest BCUT2D eigenvalue weighted by atomic mass is 35.5. The first-order valence-corrected chi connectivity index (χ1v) is 10.8. The van der Waals surface area contributed by atoms with Crippen LogP contribution >= 0.6 is 11.6 Å². The number of fused-ring (bicyclic) bond motifs is 3. The molecule has 0 bridgehead atoms. The number of hydrogen-bond donors (Lipinski definition) is 1. The number of ketones is 1. The Bertz CT molecular complexity index is 1210. The van der Waals surface area contributed by atoms with E-state index >= 15 is 0 Å². The van der Waals surface area contributed by atoms with Gasteiger partial charge in [0.1, 0.15) is 5.76 Å². The molecule has 1 aromatic heterocycles. The standard InChI is InChI=1S/C21H20ClNO4S/c1-12-4-6-14(7-5-12)28(25,26)23-13-8-15-19-17(24)10-21(2,3)11-18(19)27-20(15)16(22)9-13/h4-9,23H,10-11H2,1-3H3. The molecule has 1 aliphatic rings. The van der Waals surface area contributed by atoms with Gasteiger partial charge in [0.15, 0.2) is 11.4 Å².